The standard InChI is InChI=1S/C25H30FN5O2/c1-17-5-7-19(8-6-17)28-24-27-12-9-22(29-24)23-16-30(20-10-13-33-14-11-20)25(32)31(23)21-4-2-3-18(26)15-21/h2-4,9,12,15-17,19-20H,5-8,10-11,13-14H2,1H3,(H,27,28,29). The predicted octanol–water partition coefficient (Wildman–Crippen LogP) is 4.58. The molecule has 0 amide bonds. The van der Waals surface area contributed by atoms with Gasteiger partial charge in [-0.05, 0) is 68.7 Å². The van der Waals surface area contributed by atoms with Crippen LogP contribution in [0.5, 0.6) is 0 Å². The molecule has 0 atom stereocenters. The van der Waals surface area contributed by atoms with Crippen LogP contribution >= 0.6 is 0 Å². The summed E-state index contributed by atoms with van der Waals surface area (Å²) in [7, 11) is 0. The summed E-state index contributed by atoms with van der Waals surface area (Å²) in [5, 5.41) is 3.47. The molecule has 0 unspecified atom stereocenters. The average molecular weight is 452 g/mol. The molecule has 2 fully saturated rings. The molecule has 1 aliphatic heterocycles. The van der Waals surface area contributed by atoms with Crippen LogP contribution in [0.25, 0.3) is 17.1 Å². The molecule has 1 aliphatic carbocycles. The van der Waals surface area contributed by atoms with Crippen LogP contribution in [0, 0.1) is 11.7 Å². The Hall–Kier alpha value is -3.00. The third kappa shape index (κ3) is 4.71. The number of hydrogen-bond acceptors (Lipinski definition) is 5. The van der Waals surface area contributed by atoms with Crippen LogP contribution in [0.4, 0.5) is 10.3 Å². The van der Waals surface area contributed by atoms with Crippen molar-refractivity contribution >= 4 is 5.95 Å². The summed E-state index contributed by atoms with van der Waals surface area (Å²) in [5.41, 5.74) is 1.54. The van der Waals surface area contributed by atoms with Crippen molar-refractivity contribution in [2.45, 2.75) is 57.5 Å². The largest absolute Gasteiger partial charge is 0.381 e. The van der Waals surface area contributed by atoms with Crippen LogP contribution < -0.4 is 11.0 Å². The topological polar surface area (TPSA) is 74.0 Å². The number of rotatable bonds is 5. The molecule has 2 aliphatic rings. The average Bonchev–Trinajstić information content (AvgIpc) is 3.18. The third-order valence-corrected chi connectivity index (χ3v) is 6.83. The zero-order valence-electron chi connectivity index (χ0n) is 18.9. The number of imidazole rings is 1. The summed E-state index contributed by atoms with van der Waals surface area (Å²) in [6, 6.07) is 8.31. The molecule has 3 heterocycles. The van der Waals surface area contributed by atoms with E-state index in [0.717, 1.165) is 31.6 Å². The zero-order chi connectivity index (χ0) is 22.8. The highest BCUT2D eigenvalue weighted by atomic mass is 19.1. The molecule has 7 nitrogen and oxygen atoms in total. The van der Waals surface area contributed by atoms with Crippen LogP contribution in [0.3, 0.4) is 0 Å². The Morgan fingerprint density at radius 2 is 1.88 bits per heavy atom. The Kier molecular flexibility index (Phi) is 6.26. The SMILES string of the molecule is CC1CCC(Nc2nccc(-c3cn(C4CCOCC4)c(=O)n3-c3cccc(F)c3)n2)CC1. The highest BCUT2D eigenvalue weighted by Crippen LogP contribution is 2.28. The van der Waals surface area contributed by atoms with Crippen LogP contribution in [0.1, 0.15) is 51.5 Å². The van der Waals surface area contributed by atoms with Crippen molar-refractivity contribution in [3.05, 3.63) is 59.0 Å². The summed E-state index contributed by atoms with van der Waals surface area (Å²) in [6.07, 6.45) is 9.69. The number of anilines is 1. The van der Waals surface area contributed by atoms with E-state index < -0.39 is 0 Å². The number of aromatic nitrogens is 4. The van der Waals surface area contributed by atoms with Gasteiger partial charge in [-0.3, -0.25) is 9.13 Å². The lowest BCUT2D eigenvalue weighted by atomic mass is 9.87. The molecule has 0 radical (unpaired) electrons. The Balaban J connectivity index is 1.53. The second kappa shape index (κ2) is 9.47. The summed E-state index contributed by atoms with van der Waals surface area (Å²) >= 11 is 0. The van der Waals surface area contributed by atoms with Gasteiger partial charge >= 0.3 is 5.69 Å². The van der Waals surface area contributed by atoms with E-state index in [2.05, 4.69) is 17.2 Å². The minimum atomic E-state index is -0.388. The lowest BCUT2D eigenvalue weighted by Gasteiger charge is -2.26. The summed E-state index contributed by atoms with van der Waals surface area (Å²) in [5.74, 6) is 0.936. The quantitative estimate of drug-likeness (QED) is 0.615. The van der Waals surface area contributed by atoms with Crippen LogP contribution in [-0.4, -0.2) is 38.4 Å². The molecule has 5 rings (SSSR count). The molecule has 1 aromatic carbocycles. The number of benzene rings is 1. The lowest BCUT2D eigenvalue weighted by molar-refractivity contribution is 0.0686. The minimum absolute atomic E-state index is 0.0449. The van der Waals surface area contributed by atoms with Gasteiger partial charge in [0.25, 0.3) is 0 Å². The molecule has 33 heavy (non-hydrogen) atoms. The fourth-order valence-electron chi connectivity index (χ4n) is 4.89. The molecule has 1 N–H and O–H groups in total. The van der Waals surface area contributed by atoms with Crippen molar-refractivity contribution in [2.24, 2.45) is 5.92 Å². The fourth-order valence-corrected chi connectivity index (χ4v) is 4.89. The smallest absolute Gasteiger partial charge is 0.333 e. The van der Waals surface area contributed by atoms with Crippen molar-refractivity contribution in [1.82, 2.24) is 19.1 Å². The molecule has 3 aromatic rings. The van der Waals surface area contributed by atoms with Gasteiger partial charge in [0.05, 0.1) is 17.1 Å². The summed E-state index contributed by atoms with van der Waals surface area (Å²) in [6.45, 7) is 3.54. The molecule has 8 heteroatoms. The molecule has 174 valence electrons. The number of hydrogen-bond donors (Lipinski definition) is 1. The fraction of sp³-hybridized carbons (Fsp3) is 0.480. The van der Waals surface area contributed by atoms with E-state index in [1.807, 2.05) is 6.20 Å². The van der Waals surface area contributed by atoms with Gasteiger partial charge in [-0.2, -0.15) is 0 Å². The maximum Gasteiger partial charge on any atom is 0.333 e. The first-order chi connectivity index (χ1) is 16.1. The Morgan fingerprint density at radius 3 is 2.64 bits per heavy atom. The monoisotopic (exact) mass is 451 g/mol. The predicted molar refractivity (Wildman–Crippen MR) is 125 cm³/mol. The van der Waals surface area contributed by atoms with Crippen LogP contribution in [0.2, 0.25) is 0 Å². The van der Waals surface area contributed by atoms with Gasteiger partial charge in [-0.1, -0.05) is 13.0 Å². The van der Waals surface area contributed by atoms with Gasteiger partial charge in [0.1, 0.15) is 5.82 Å². The van der Waals surface area contributed by atoms with Gasteiger partial charge in [0.2, 0.25) is 5.95 Å². The van der Waals surface area contributed by atoms with Crippen molar-refractivity contribution in [3.8, 4) is 17.1 Å². The molecule has 0 bridgehead atoms. The maximum absolute atomic E-state index is 14.1. The van der Waals surface area contributed by atoms with Gasteiger partial charge < -0.3 is 10.1 Å². The van der Waals surface area contributed by atoms with E-state index in [1.54, 1.807) is 33.5 Å². The van der Waals surface area contributed by atoms with E-state index in [0.29, 0.717) is 42.3 Å². The highest BCUT2D eigenvalue weighted by molar-refractivity contribution is 5.59. The molecule has 0 spiro atoms. The molecule has 2 aromatic heterocycles. The number of halogens is 1. The highest BCUT2D eigenvalue weighted by Gasteiger charge is 2.24. The first-order valence-corrected chi connectivity index (χ1v) is 11.9. The molecular weight excluding hydrogens is 421 g/mol. The van der Waals surface area contributed by atoms with Crippen molar-refractivity contribution in [1.29, 1.82) is 0 Å². The zero-order valence-corrected chi connectivity index (χ0v) is 18.9. The summed E-state index contributed by atoms with van der Waals surface area (Å²) < 4.78 is 22.8. The Morgan fingerprint density at radius 1 is 1.09 bits per heavy atom. The summed E-state index contributed by atoms with van der Waals surface area (Å²) in [4.78, 5) is 22.7. The first kappa shape index (κ1) is 21.8. The van der Waals surface area contributed by atoms with E-state index in [4.69, 9.17) is 9.72 Å². The maximum atomic E-state index is 14.1. The van der Waals surface area contributed by atoms with Gasteiger partial charge in [0.15, 0.2) is 0 Å². The number of nitrogens with zero attached hydrogens (tertiary/aromatic N) is 4. The Labute approximate surface area is 192 Å². The second-order valence-corrected chi connectivity index (χ2v) is 9.23. The van der Waals surface area contributed by atoms with E-state index in [-0.39, 0.29) is 17.5 Å². The van der Waals surface area contributed by atoms with Crippen LogP contribution in [-0.2, 0) is 4.74 Å². The van der Waals surface area contributed by atoms with Gasteiger partial charge in [-0.15, -0.1) is 0 Å². The number of nitrogens with one attached hydrogen (secondary N) is 1. The number of ether oxygens (including phenoxy) is 1. The van der Waals surface area contributed by atoms with Crippen molar-refractivity contribution in [2.75, 3.05) is 18.5 Å². The van der Waals surface area contributed by atoms with E-state index >= 15 is 0 Å². The van der Waals surface area contributed by atoms with Crippen molar-refractivity contribution in [3.63, 3.8) is 0 Å². The lowest BCUT2D eigenvalue weighted by Crippen LogP contribution is -2.30. The normalized spacial score (nSPS) is 21.8. The third-order valence-electron chi connectivity index (χ3n) is 6.83. The van der Waals surface area contributed by atoms with Crippen LogP contribution in [0.15, 0.2) is 47.5 Å². The molecule has 1 saturated carbocycles. The second-order valence-electron chi connectivity index (χ2n) is 9.23. The van der Waals surface area contributed by atoms with E-state index in [9.17, 15) is 9.18 Å². The Bertz CT molecular complexity index is 1160. The molecular formula is C25H30FN5O2. The minimum Gasteiger partial charge on any atom is -0.381 e. The first-order valence-electron chi connectivity index (χ1n) is 11.9. The molecule has 1 saturated heterocycles. The van der Waals surface area contributed by atoms with E-state index in [1.165, 1.54) is 25.0 Å². The van der Waals surface area contributed by atoms with Gasteiger partial charge in [-0.25, -0.2) is 19.2 Å². The van der Waals surface area contributed by atoms with Gasteiger partial charge in [0, 0.05) is 37.7 Å². The van der Waals surface area contributed by atoms with Crippen molar-refractivity contribution < 1.29 is 9.13 Å².